The van der Waals surface area contributed by atoms with Gasteiger partial charge in [-0.15, -0.1) is 0 Å². The van der Waals surface area contributed by atoms with E-state index in [4.69, 9.17) is 28.8 Å². The minimum Gasteiger partial charge on any atom is -0.550 e. The number of ether oxygens (including phenoxy) is 4. The third-order valence-electron chi connectivity index (χ3n) is 2.84. The molecule has 140 valence electrons. The van der Waals surface area contributed by atoms with E-state index in [0.29, 0.717) is 46.2 Å². The fourth-order valence-corrected chi connectivity index (χ4v) is 1.76. The second kappa shape index (κ2) is 16.4. The van der Waals surface area contributed by atoms with E-state index in [9.17, 15) is 0 Å². The van der Waals surface area contributed by atoms with Crippen molar-refractivity contribution in [3.8, 4) is 0 Å². The lowest BCUT2D eigenvalue weighted by atomic mass is 10.4. The standard InChI is InChI=1S/C14H26N2O4.C2H4O2/c1-3-14-15-4-5-16(14)6-7-18-10-11-20-13-12-19-9-8-17-2;1-2(3)4/h4-5H,3,6-13H2,1-2H3;1H3,(H,3,4). The number of carbonyl (C=O) groups is 1. The Morgan fingerprint density at radius 3 is 2.08 bits per heavy atom. The molecule has 0 bridgehead atoms. The smallest absolute Gasteiger partial charge is 0.253 e. The number of aromatic amines is 1. The molecular formula is C16H30N2O6. The van der Waals surface area contributed by atoms with Gasteiger partial charge in [-0.25, -0.2) is 9.55 Å². The van der Waals surface area contributed by atoms with Gasteiger partial charge in [0, 0.05) is 19.5 Å². The van der Waals surface area contributed by atoms with Gasteiger partial charge >= 0.3 is 0 Å². The van der Waals surface area contributed by atoms with E-state index in [-0.39, 0.29) is 0 Å². The number of carbonyl (C=O) groups excluding carboxylic acids is 1. The maximum atomic E-state index is 8.89. The lowest BCUT2D eigenvalue weighted by molar-refractivity contribution is -0.704. The fraction of sp³-hybridized carbons (Fsp3) is 0.750. The Kier molecular flexibility index (Phi) is 15.4. The average Bonchev–Trinajstić information content (AvgIpc) is 2.99. The molecule has 0 saturated heterocycles. The highest BCUT2D eigenvalue weighted by Crippen LogP contribution is 1.88. The zero-order valence-corrected chi connectivity index (χ0v) is 14.9. The molecule has 0 aliphatic carbocycles. The van der Waals surface area contributed by atoms with Crippen LogP contribution in [0.15, 0.2) is 12.4 Å². The van der Waals surface area contributed by atoms with Gasteiger partial charge in [0.1, 0.15) is 18.9 Å². The highest BCUT2D eigenvalue weighted by molar-refractivity contribution is 5.60. The molecule has 0 unspecified atom stereocenters. The summed E-state index contributed by atoms with van der Waals surface area (Å²) in [5, 5.41) is 8.89. The molecule has 0 radical (unpaired) electrons. The summed E-state index contributed by atoms with van der Waals surface area (Å²) in [6.07, 6.45) is 4.99. The van der Waals surface area contributed by atoms with Crippen molar-refractivity contribution in [1.29, 1.82) is 0 Å². The molecule has 0 aliphatic heterocycles. The zero-order chi connectivity index (χ0) is 18.0. The summed E-state index contributed by atoms with van der Waals surface area (Å²) in [6.45, 7) is 8.32. The van der Waals surface area contributed by atoms with Crippen LogP contribution in [-0.2, 0) is 36.7 Å². The number of H-pyrrole nitrogens is 1. The maximum Gasteiger partial charge on any atom is 0.253 e. The molecule has 8 nitrogen and oxygen atoms in total. The number of hydrogen-bond donors (Lipinski definition) is 1. The minimum absolute atomic E-state index is 0.597. The quantitative estimate of drug-likeness (QED) is 0.375. The van der Waals surface area contributed by atoms with Gasteiger partial charge < -0.3 is 28.8 Å². The first-order valence-corrected chi connectivity index (χ1v) is 8.07. The van der Waals surface area contributed by atoms with E-state index >= 15 is 0 Å². The lowest BCUT2D eigenvalue weighted by Crippen LogP contribution is -2.38. The Morgan fingerprint density at radius 2 is 1.58 bits per heavy atom. The van der Waals surface area contributed by atoms with E-state index in [1.54, 1.807) is 7.11 Å². The molecule has 0 spiro atoms. The molecule has 1 heterocycles. The summed E-state index contributed by atoms with van der Waals surface area (Å²) in [5.74, 6) is 0.137. The van der Waals surface area contributed by atoms with Gasteiger partial charge in [-0.2, -0.15) is 0 Å². The van der Waals surface area contributed by atoms with Crippen LogP contribution in [0, 0.1) is 0 Å². The number of methoxy groups -OCH3 is 1. The van der Waals surface area contributed by atoms with E-state index < -0.39 is 5.97 Å². The topological polar surface area (TPSA) is 96.7 Å². The summed E-state index contributed by atoms with van der Waals surface area (Å²) in [4.78, 5) is 12.1. The van der Waals surface area contributed by atoms with Gasteiger partial charge in [-0.1, -0.05) is 6.92 Å². The zero-order valence-electron chi connectivity index (χ0n) is 14.9. The fourth-order valence-electron chi connectivity index (χ4n) is 1.76. The summed E-state index contributed by atoms with van der Waals surface area (Å²) in [6, 6.07) is 0. The molecule has 0 aliphatic rings. The predicted molar refractivity (Wildman–Crippen MR) is 85.4 cm³/mol. The molecule has 0 aromatic carbocycles. The average molecular weight is 346 g/mol. The molecular weight excluding hydrogens is 316 g/mol. The predicted octanol–water partition coefficient (Wildman–Crippen LogP) is -0.683. The number of hydrogen-bond acceptors (Lipinski definition) is 6. The summed E-state index contributed by atoms with van der Waals surface area (Å²) in [7, 11) is 1.66. The summed E-state index contributed by atoms with van der Waals surface area (Å²) >= 11 is 0. The monoisotopic (exact) mass is 346 g/mol. The van der Waals surface area contributed by atoms with Crippen molar-refractivity contribution in [3.05, 3.63) is 18.2 Å². The molecule has 24 heavy (non-hydrogen) atoms. The normalized spacial score (nSPS) is 10.3. The Labute approximate surface area is 143 Å². The van der Waals surface area contributed by atoms with Gasteiger partial charge in [-0.05, 0) is 6.92 Å². The van der Waals surface area contributed by atoms with Crippen LogP contribution < -0.4 is 9.67 Å². The number of carboxylic acids is 1. The van der Waals surface area contributed by atoms with Crippen molar-refractivity contribution in [1.82, 2.24) is 4.98 Å². The molecule has 1 aromatic rings. The molecule has 1 rings (SSSR count). The number of aliphatic carboxylic acids is 1. The number of carboxylic acid groups (broad SMARTS) is 1. The van der Waals surface area contributed by atoms with Crippen molar-refractivity contribution in [2.24, 2.45) is 0 Å². The lowest BCUT2D eigenvalue weighted by Gasteiger charge is -2.06. The second-order valence-corrected chi connectivity index (χ2v) is 4.78. The van der Waals surface area contributed by atoms with Crippen molar-refractivity contribution in [2.75, 3.05) is 53.4 Å². The van der Waals surface area contributed by atoms with Gasteiger partial charge in [-0.3, -0.25) is 0 Å². The van der Waals surface area contributed by atoms with Crippen LogP contribution in [0.25, 0.3) is 0 Å². The molecule has 0 saturated carbocycles. The van der Waals surface area contributed by atoms with Crippen LogP contribution in [0.2, 0.25) is 0 Å². The van der Waals surface area contributed by atoms with E-state index in [0.717, 1.165) is 19.9 Å². The van der Waals surface area contributed by atoms with Crippen molar-refractivity contribution >= 4 is 5.97 Å². The number of nitrogens with zero attached hydrogens (tertiary/aromatic N) is 1. The SMILES string of the molecule is CC(=O)[O-].CCc1[nH]cc[n+]1CCOCCOCCOCCOC. The second-order valence-electron chi connectivity index (χ2n) is 4.78. The number of imidazole rings is 1. The van der Waals surface area contributed by atoms with Gasteiger partial charge in [0.2, 0.25) is 0 Å². The van der Waals surface area contributed by atoms with Crippen molar-refractivity contribution < 1.29 is 33.4 Å². The third kappa shape index (κ3) is 14.1. The number of aryl methyl sites for hydroxylation is 1. The van der Waals surface area contributed by atoms with Crippen LogP contribution in [0.5, 0.6) is 0 Å². The largest absolute Gasteiger partial charge is 0.550 e. The van der Waals surface area contributed by atoms with Gasteiger partial charge in [0.25, 0.3) is 5.82 Å². The Bertz CT molecular complexity index is 407. The van der Waals surface area contributed by atoms with Crippen molar-refractivity contribution in [3.63, 3.8) is 0 Å². The first-order valence-electron chi connectivity index (χ1n) is 8.07. The molecule has 8 heteroatoms. The Balaban J connectivity index is 0.00000118. The van der Waals surface area contributed by atoms with Crippen LogP contribution >= 0.6 is 0 Å². The van der Waals surface area contributed by atoms with E-state index in [1.165, 1.54) is 5.82 Å². The van der Waals surface area contributed by atoms with Crippen molar-refractivity contribution in [2.45, 2.75) is 26.8 Å². The molecule has 0 fully saturated rings. The molecule has 0 atom stereocenters. The highest BCUT2D eigenvalue weighted by atomic mass is 16.6. The first-order chi connectivity index (χ1) is 11.6. The summed E-state index contributed by atoms with van der Waals surface area (Å²) < 4.78 is 23.2. The molecule has 1 aromatic heterocycles. The highest BCUT2D eigenvalue weighted by Gasteiger charge is 2.06. The Hall–Kier alpha value is -1.48. The molecule has 0 amide bonds. The van der Waals surface area contributed by atoms with Gasteiger partial charge in [0.05, 0.1) is 46.2 Å². The van der Waals surface area contributed by atoms with E-state index in [2.05, 4.69) is 16.5 Å². The minimum atomic E-state index is -1.08. The summed E-state index contributed by atoms with van der Waals surface area (Å²) in [5.41, 5.74) is 0. The van der Waals surface area contributed by atoms with Crippen LogP contribution in [-0.4, -0.2) is 64.3 Å². The first kappa shape index (κ1) is 22.5. The number of nitrogens with one attached hydrogen (secondary N) is 1. The van der Waals surface area contributed by atoms with Crippen LogP contribution in [0.4, 0.5) is 0 Å². The van der Waals surface area contributed by atoms with E-state index in [1.807, 2.05) is 12.4 Å². The third-order valence-corrected chi connectivity index (χ3v) is 2.84. The molecule has 1 N–H and O–H groups in total. The number of rotatable bonds is 13. The Morgan fingerprint density at radius 1 is 1.08 bits per heavy atom. The van der Waals surface area contributed by atoms with Gasteiger partial charge in [0.15, 0.2) is 0 Å². The van der Waals surface area contributed by atoms with Crippen LogP contribution in [0.3, 0.4) is 0 Å². The van der Waals surface area contributed by atoms with Crippen LogP contribution in [0.1, 0.15) is 19.7 Å². The maximum absolute atomic E-state index is 8.89. The number of aromatic nitrogens is 2.